The van der Waals surface area contributed by atoms with Crippen LogP contribution in [-0.2, 0) is 37.9 Å². The van der Waals surface area contributed by atoms with Gasteiger partial charge in [-0.2, -0.15) is 0 Å². The van der Waals surface area contributed by atoms with Crippen LogP contribution >= 0.6 is 0 Å². The second-order valence-electron chi connectivity index (χ2n) is 40.0. The van der Waals surface area contributed by atoms with Crippen molar-refractivity contribution in [1.29, 1.82) is 0 Å². The lowest BCUT2D eigenvalue weighted by Gasteiger charge is -2.28. The Bertz CT molecular complexity index is 3740. The normalized spacial score (nSPS) is 12.0. The van der Waals surface area contributed by atoms with E-state index in [4.69, 9.17) is 0 Å². The Kier molecular flexibility index (Phi) is 38.1. The van der Waals surface area contributed by atoms with Gasteiger partial charge in [-0.1, -0.05) is 417 Å². The maximum absolute atomic E-state index is 2.40. The maximum atomic E-state index is 2.40. The van der Waals surface area contributed by atoms with Gasteiger partial charge in [-0.05, 0) is 240 Å². The minimum atomic E-state index is 0.241. The van der Waals surface area contributed by atoms with Crippen molar-refractivity contribution in [1.82, 2.24) is 0 Å². The zero-order chi connectivity index (χ0) is 81.6. The minimum Gasteiger partial charge on any atom is -0.0620 e. The van der Waals surface area contributed by atoms with E-state index in [0.29, 0.717) is 41.4 Å². The smallest absolute Gasteiger partial charge is 0.0129 e. The molecule has 0 aromatic heterocycles. The van der Waals surface area contributed by atoms with E-state index >= 15 is 0 Å². The van der Waals surface area contributed by atoms with Crippen molar-refractivity contribution in [2.24, 2.45) is 0 Å². The lowest BCUT2D eigenvalue weighted by molar-refractivity contribution is 0.561. The van der Waals surface area contributed by atoms with E-state index in [1.165, 1.54) is 122 Å². The molecule has 0 bridgehead atoms. The number of rotatable bonds is 7. The second-order valence-corrected chi connectivity index (χ2v) is 40.0. The molecule has 0 nitrogen and oxygen atoms in total. The van der Waals surface area contributed by atoms with E-state index in [2.05, 4.69) is 455 Å². The van der Waals surface area contributed by atoms with Crippen LogP contribution < -0.4 is 0 Å². The quantitative estimate of drug-likeness (QED) is 0.149. The molecule has 0 heteroatoms. The van der Waals surface area contributed by atoms with E-state index in [1.807, 2.05) is 0 Å². The predicted molar refractivity (Wildman–Crippen MR) is 479 cm³/mol. The first-order chi connectivity index (χ1) is 47.6. The Hall–Kier alpha value is -6.24. The molecule has 105 heavy (non-hydrogen) atoms. The molecule has 0 aliphatic carbocycles. The molecule has 0 fully saturated rings. The highest BCUT2D eigenvalue weighted by Crippen LogP contribution is 2.36. The van der Waals surface area contributed by atoms with Crippen LogP contribution in [0.2, 0.25) is 0 Å². The fourth-order valence-electron chi connectivity index (χ4n) is 13.2. The van der Waals surface area contributed by atoms with E-state index in [-0.39, 0.29) is 37.9 Å². The van der Waals surface area contributed by atoms with Crippen LogP contribution in [0.1, 0.15) is 406 Å². The molecule has 0 saturated carbocycles. The summed E-state index contributed by atoms with van der Waals surface area (Å²) in [5, 5.41) is 0. The van der Waals surface area contributed by atoms with Gasteiger partial charge in [0, 0.05) is 0 Å². The first-order valence-electron chi connectivity index (χ1n) is 40.4. The lowest BCUT2D eigenvalue weighted by Crippen LogP contribution is -2.19. The van der Waals surface area contributed by atoms with Crippen LogP contribution in [0.25, 0.3) is 0 Å². The van der Waals surface area contributed by atoms with Gasteiger partial charge in [0.05, 0.1) is 0 Å². The predicted octanol–water partition coefficient (Wildman–Crippen LogP) is 32.9. The van der Waals surface area contributed by atoms with Crippen LogP contribution in [0.5, 0.6) is 0 Å². The lowest BCUT2D eigenvalue weighted by atomic mass is 9.77. The van der Waals surface area contributed by atoms with Crippen LogP contribution in [0.4, 0.5) is 0 Å². The molecule has 582 valence electrons. The van der Waals surface area contributed by atoms with Gasteiger partial charge >= 0.3 is 0 Å². The summed E-state index contributed by atoms with van der Waals surface area (Å²) in [4.78, 5) is 0. The summed E-state index contributed by atoms with van der Waals surface area (Å²) in [7, 11) is 0. The highest BCUT2D eigenvalue weighted by molar-refractivity contribution is 5.45. The third kappa shape index (κ3) is 33.8. The standard InChI is InChI=1S/C16H26.2C15H24.2C13H20.3C11H16/c1-10(2)14-8-15(11(3)4)13(7)16(9-14)12(5)6;1-11-8-9-12(14(2,3)4)10-13(11)15(5,6)7;1-11-12(14(2,3)4)9-8-10-13(11)15(5,6)7;1-9(2)12-6-11(5)7-13(8-12)10(3)4;1-9(2)12-7-6-11(5)13(8-12)10(3)4;1-9-5-7-10(8-6-9)11(2,3)4;1-9-6-5-7-10(8-9)11(2,3)4;1-9-7-5-6-8-10(9)11(2,3)4/h8-12H,1-7H3;2*8-10H,1-7H3;2*6-10H,1-5H3;3*5-8H,1-4H3. The van der Waals surface area contributed by atoms with Crippen LogP contribution in [0.3, 0.4) is 0 Å². The van der Waals surface area contributed by atoms with Crippen molar-refractivity contribution in [2.75, 3.05) is 0 Å². The van der Waals surface area contributed by atoms with Gasteiger partial charge < -0.3 is 0 Å². The SMILES string of the molecule is Cc1c(C(C)(C)C)cccc1C(C)(C)C.Cc1c(C(C)C)cc(C(C)C)cc1C(C)C.Cc1cc(C(C)C)cc(C(C)C)c1.Cc1ccc(C(C)(C)C)cc1.Cc1ccc(C(C)(C)C)cc1C(C)(C)C.Cc1ccc(C(C)C)cc1C(C)C.Cc1cccc(C(C)(C)C)c1.Cc1ccccc1C(C)(C)C. The highest BCUT2D eigenvalue weighted by atomic mass is 14.3. The van der Waals surface area contributed by atoms with Crippen molar-refractivity contribution < 1.29 is 0 Å². The molecule has 8 aromatic carbocycles. The fraction of sp³-hybridized carbons (Fsp3) is 0.543. The summed E-state index contributed by atoms with van der Waals surface area (Å²) < 4.78 is 0. The van der Waals surface area contributed by atoms with Gasteiger partial charge in [-0.3, -0.25) is 0 Å². The molecule has 0 radical (unpaired) electrons. The average Bonchev–Trinajstić information content (AvgIpc) is 0.807. The molecule has 8 rings (SSSR count). The Morgan fingerprint density at radius 2 is 0.524 bits per heavy atom. The second kappa shape index (κ2) is 41.4. The van der Waals surface area contributed by atoms with Crippen molar-refractivity contribution in [3.05, 3.63) is 280 Å². The van der Waals surface area contributed by atoms with Gasteiger partial charge in [0.15, 0.2) is 0 Å². The van der Waals surface area contributed by atoms with Crippen molar-refractivity contribution in [3.8, 4) is 0 Å². The molecule has 0 heterocycles. The number of benzene rings is 8. The Morgan fingerprint density at radius 3 is 0.867 bits per heavy atom. The third-order valence-corrected chi connectivity index (χ3v) is 20.1. The minimum absolute atomic E-state index is 0.241. The molecular weight excluding hydrogens is 1260 g/mol. The summed E-state index contributed by atoms with van der Waals surface area (Å²) in [6, 6.07) is 58.1. The molecule has 0 N–H and O–H groups in total. The molecule has 0 unspecified atom stereocenters. The Balaban J connectivity index is 0.000000602. The summed E-state index contributed by atoms with van der Waals surface area (Å²) >= 11 is 0. The van der Waals surface area contributed by atoms with Gasteiger partial charge in [0.1, 0.15) is 0 Å². The molecular formula is C105H162. The molecule has 0 spiro atoms. The van der Waals surface area contributed by atoms with E-state index in [1.54, 1.807) is 0 Å². The average molecular weight is 1420 g/mol. The van der Waals surface area contributed by atoms with E-state index < -0.39 is 0 Å². The monoisotopic (exact) mass is 1420 g/mol. The first-order valence-corrected chi connectivity index (χ1v) is 40.4. The van der Waals surface area contributed by atoms with Crippen molar-refractivity contribution >= 4 is 0 Å². The Morgan fingerprint density at radius 1 is 0.190 bits per heavy atom. The Labute approximate surface area is 653 Å². The highest BCUT2D eigenvalue weighted by Gasteiger charge is 2.24. The molecule has 0 atom stereocenters. The zero-order valence-corrected chi connectivity index (χ0v) is 76.6. The fourth-order valence-corrected chi connectivity index (χ4v) is 13.2. The van der Waals surface area contributed by atoms with Gasteiger partial charge in [0.2, 0.25) is 0 Å². The van der Waals surface area contributed by atoms with Crippen LogP contribution in [0.15, 0.2) is 158 Å². The van der Waals surface area contributed by atoms with Gasteiger partial charge in [0.25, 0.3) is 0 Å². The van der Waals surface area contributed by atoms with E-state index in [0.717, 1.165) is 0 Å². The number of hydrogen-bond donors (Lipinski definition) is 0. The van der Waals surface area contributed by atoms with Crippen LogP contribution in [0, 0.1) is 55.4 Å². The molecule has 0 aliphatic rings. The molecule has 8 aromatic rings. The third-order valence-electron chi connectivity index (χ3n) is 20.1. The summed E-state index contributed by atoms with van der Waals surface area (Å²) in [6.07, 6.45) is 0. The van der Waals surface area contributed by atoms with Crippen molar-refractivity contribution in [3.63, 3.8) is 0 Å². The zero-order valence-electron chi connectivity index (χ0n) is 76.6. The number of hydrogen-bond acceptors (Lipinski definition) is 0. The van der Waals surface area contributed by atoms with Crippen LogP contribution in [-0.4, -0.2) is 0 Å². The van der Waals surface area contributed by atoms with Gasteiger partial charge in [-0.25, -0.2) is 0 Å². The largest absolute Gasteiger partial charge is 0.0620 e. The maximum Gasteiger partial charge on any atom is -0.0129 e. The molecule has 0 aliphatic heterocycles. The molecule has 0 saturated heterocycles. The topological polar surface area (TPSA) is 0 Å². The summed E-state index contributed by atoms with van der Waals surface area (Å²) in [5.41, 5.74) is 33.5. The molecule has 0 amide bonds. The number of aryl methyl sites for hydroxylation is 6. The van der Waals surface area contributed by atoms with Crippen molar-refractivity contribution in [2.45, 2.75) is 377 Å². The first kappa shape index (κ1) is 96.8. The van der Waals surface area contributed by atoms with E-state index in [9.17, 15) is 0 Å². The summed E-state index contributed by atoms with van der Waals surface area (Å²) in [5.74, 6) is 4.41. The summed E-state index contributed by atoms with van der Waals surface area (Å²) in [6.45, 7) is 96.7. The van der Waals surface area contributed by atoms with Gasteiger partial charge in [-0.15, -0.1) is 0 Å².